The molecule has 30 nitrogen and oxygen atoms in total. The third kappa shape index (κ3) is 28.2. The second kappa shape index (κ2) is 46.1. The van der Waals surface area contributed by atoms with Crippen LogP contribution in [0.15, 0.2) is 63.6 Å². The summed E-state index contributed by atoms with van der Waals surface area (Å²) in [6.07, 6.45) is -1.21. The van der Waals surface area contributed by atoms with Crippen molar-refractivity contribution in [2.45, 2.75) is 181 Å². The number of amides is 12. The lowest BCUT2D eigenvalue weighted by Crippen LogP contribution is -2.60. The monoisotopic (exact) mass is 1610 g/mol. The fourth-order valence-electron chi connectivity index (χ4n) is 12.5. The van der Waals surface area contributed by atoms with Crippen molar-refractivity contribution in [2.24, 2.45) is 35.3 Å². The summed E-state index contributed by atoms with van der Waals surface area (Å²) >= 11 is 6.16. The predicted molar refractivity (Wildman–Crippen MR) is 399 cm³/mol. The van der Waals surface area contributed by atoms with Gasteiger partial charge in [-0.1, -0.05) is 111 Å². The highest BCUT2D eigenvalue weighted by molar-refractivity contribution is 9.14. The van der Waals surface area contributed by atoms with E-state index in [1.807, 2.05) is 32.0 Å². The molecule has 0 saturated carbocycles. The van der Waals surface area contributed by atoms with Crippen LogP contribution in [-0.4, -0.2) is 245 Å². The summed E-state index contributed by atoms with van der Waals surface area (Å²) in [5.41, 5.74) is 6.78. The van der Waals surface area contributed by atoms with Gasteiger partial charge in [0.2, 0.25) is 41.4 Å². The molecule has 1 unspecified atom stereocenters. The second-order valence-corrected chi connectivity index (χ2v) is 29.0. The van der Waals surface area contributed by atoms with E-state index >= 15 is 0 Å². The Morgan fingerprint density at radius 1 is 0.676 bits per heavy atom. The zero-order chi connectivity index (χ0) is 78.2. The molecule has 4 rings (SSSR count). The lowest BCUT2D eigenvalue weighted by Gasteiger charge is -2.41. The molecular weight excluding hydrogens is 1490 g/mol. The number of likely N-dealkylation sites (N-methyl/N-ethyl adjacent to an activating group) is 2. The summed E-state index contributed by atoms with van der Waals surface area (Å²) in [6.45, 7) is 20.1. The Labute approximate surface area is 634 Å². The van der Waals surface area contributed by atoms with Crippen LogP contribution in [0.5, 0.6) is 0 Å². The number of imide groups is 1. The van der Waals surface area contributed by atoms with Crippen LogP contribution < -0.4 is 37.6 Å². The number of nitrogens with two attached hydrogens (primary N) is 1. The Morgan fingerprint density at radius 2 is 1.26 bits per heavy atom. The molecule has 1 fully saturated rings. The van der Waals surface area contributed by atoms with Gasteiger partial charge in [0.15, 0.2) is 0 Å². The number of ether oxygens (including phenoxy) is 7. The molecule has 2 aliphatic rings. The fraction of sp³-hybridized carbons (Fsp3) is 0.658. The van der Waals surface area contributed by atoms with Gasteiger partial charge in [-0.2, -0.15) is 0 Å². The van der Waals surface area contributed by atoms with Crippen molar-refractivity contribution in [3.05, 3.63) is 74.7 Å². The van der Waals surface area contributed by atoms with Crippen LogP contribution in [-0.2, 0) is 82.9 Å². The number of primary amides is 1. The number of urea groups is 1. The van der Waals surface area contributed by atoms with Crippen LogP contribution in [0.3, 0.4) is 0 Å². The van der Waals surface area contributed by atoms with E-state index in [2.05, 4.69) is 63.8 Å². The molecule has 2 aromatic carbocycles. The van der Waals surface area contributed by atoms with E-state index in [-0.39, 0.29) is 125 Å². The molecular formula is C73H113Br2N11O19. The molecule has 0 radical (unpaired) electrons. The first-order valence-electron chi connectivity index (χ1n) is 35.9. The molecule has 12 atom stereocenters. The zero-order valence-corrected chi connectivity index (χ0v) is 66.4. The van der Waals surface area contributed by atoms with Gasteiger partial charge in [-0.25, -0.2) is 9.59 Å². The molecule has 1 saturated heterocycles. The minimum Gasteiger partial charge on any atom is -0.445 e. The van der Waals surface area contributed by atoms with E-state index in [9.17, 15) is 57.8 Å². The molecule has 105 heavy (non-hydrogen) atoms. The number of benzene rings is 2. The van der Waals surface area contributed by atoms with E-state index in [1.54, 1.807) is 109 Å². The highest BCUT2D eigenvalue weighted by atomic mass is 79.9. The van der Waals surface area contributed by atoms with Gasteiger partial charge in [0.25, 0.3) is 11.8 Å². The lowest BCUT2D eigenvalue weighted by atomic mass is 9.89. The number of likely N-dealkylation sites (tertiary alicyclic amines) is 1. The molecule has 0 aliphatic carbocycles. The van der Waals surface area contributed by atoms with Crippen molar-refractivity contribution >= 4 is 103 Å². The summed E-state index contributed by atoms with van der Waals surface area (Å²) in [7, 11) is 6.07. The van der Waals surface area contributed by atoms with Gasteiger partial charge in [-0.05, 0) is 111 Å². The SMILES string of the molecule is CC[C@H](C)[C@@H](C(CC(=O)N1CCC[C@H]1[C@H](OC)[C@@H](C)C(=O)N[C@H](C)[C@@H](O)c1ccccc1)OC)N(C)C(=O)[C@@H](NC(=O)[C@H](C(C)C)N(C)C(=O)OCc1ccc(NC(=O)[C@H](CCCNC(N)=O)NC(=O)[C@@H](NC(=O)CCOCCOCCOCCOCCN2C(=O)C(Br)=C(Br)C2=O)C(C)C)cc1)C(C)C. The van der Waals surface area contributed by atoms with Crippen LogP contribution in [0.25, 0.3) is 0 Å². The number of carbonyl (C=O) groups excluding carboxylic acids is 11. The standard InChI is InChI=1S/C73H113Br2N11O19/c1-15-46(8)62(54(99-13)41-56(88)85-31-20-24-53(85)64(100-14)47(9)65(90)78-48(10)63(89)50-21-17-16-18-22-50)83(11)71(96)60(44(4)5)82-68(93)61(45(6)7)84(12)73(98)105-42-49-25-27-51(28-26-49)79-66(91)52(23-19-30-77-72(76)97)80-67(92)59(43(2)3)81-55(87)29-33-101-35-37-103-39-40-104-38-36-102-34-32-86-69(94)57(74)58(75)70(86)95/h16-18,21-22,25-28,43-48,52-54,59-64,89H,15,19-20,23-24,29-42H2,1-14H3,(H,78,90)(H,79,91)(H,80,92)(H,81,87)(H,82,93)(H3,76,77,97)/t46-,47+,48+,52-,53-,54?,59-,60-,61-,62-,63+,64+/m0/s1. The van der Waals surface area contributed by atoms with E-state index < -0.39 is 138 Å². The number of aliphatic hydroxyl groups is 1. The molecule has 2 aliphatic heterocycles. The molecule has 588 valence electrons. The van der Waals surface area contributed by atoms with E-state index in [0.717, 1.165) is 4.90 Å². The van der Waals surface area contributed by atoms with Gasteiger partial charge < -0.3 is 85.7 Å². The lowest BCUT2D eigenvalue weighted by molar-refractivity contribution is -0.148. The largest absolute Gasteiger partial charge is 0.445 e. The van der Waals surface area contributed by atoms with Gasteiger partial charge in [0, 0.05) is 53.5 Å². The quantitative estimate of drug-likeness (QED) is 0.0303. The Hall–Kier alpha value is -7.17. The second-order valence-electron chi connectivity index (χ2n) is 27.4. The number of methoxy groups -OCH3 is 2. The number of aliphatic hydroxyl groups excluding tert-OH is 1. The van der Waals surface area contributed by atoms with Crippen LogP contribution in [0.1, 0.15) is 131 Å². The summed E-state index contributed by atoms with van der Waals surface area (Å²) < 4.78 is 40.1. The number of hydrogen-bond donors (Lipinski definition) is 8. The number of carbonyl (C=O) groups is 11. The van der Waals surface area contributed by atoms with Gasteiger partial charge in [-0.3, -0.25) is 53.0 Å². The summed E-state index contributed by atoms with van der Waals surface area (Å²) in [6, 6.07) is 8.64. The number of hydrogen-bond acceptors (Lipinski definition) is 19. The fourth-order valence-corrected chi connectivity index (χ4v) is 13.2. The Bertz CT molecular complexity index is 3160. The number of rotatable bonds is 47. The highest BCUT2D eigenvalue weighted by Crippen LogP contribution is 2.32. The van der Waals surface area contributed by atoms with Crippen molar-refractivity contribution in [2.75, 3.05) is 106 Å². The van der Waals surface area contributed by atoms with E-state index in [1.165, 1.54) is 26.2 Å². The smallest absolute Gasteiger partial charge is 0.410 e. The molecule has 2 heterocycles. The first kappa shape index (κ1) is 90.2. The Balaban J connectivity index is 1.29. The average Bonchev–Trinajstić information content (AvgIpc) is 1.80. The molecule has 0 aromatic heterocycles. The predicted octanol–water partition coefficient (Wildman–Crippen LogP) is 5.42. The maximum Gasteiger partial charge on any atom is 0.410 e. The third-order valence-electron chi connectivity index (χ3n) is 18.6. The molecule has 0 bridgehead atoms. The Kier molecular flexibility index (Phi) is 39.6. The van der Waals surface area contributed by atoms with Gasteiger partial charge in [0.1, 0.15) is 39.7 Å². The summed E-state index contributed by atoms with van der Waals surface area (Å²) in [5.74, 6) is -6.31. The normalized spacial score (nSPS) is 17.0. The molecule has 32 heteroatoms. The minimum absolute atomic E-state index is 0.0338. The number of nitrogens with zero attached hydrogens (tertiary/aromatic N) is 4. The number of nitrogens with one attached hydrogen (secondary N) is 6. The van der Waals surface area contributed by atoms with Crippen LogP contribution in [0.4, 0.5) is 15.3 Å². The van der Waals surface area contributed by atoms with Crippen molar-refractivity contribution in [1.29, 1.82) is 0 Å². The topological polar surface area (TPSA) is 384 Å². The maximum atomic E-state index is 14.8. The van der Waals surface area contributed by atoms with Crippen molar-refractivity contribution in [3.8, 4) is 0 Å². The van der Waals surface area contributed by atoms with E-state index in [0.29, 0.717) is 42.6 Å². The first-order valence-corrected chi connectivity index (χ1v) is 37.5. The van der Waals surface area contributed by atoms with Crippen molar-refractivity contribution in [1.82, 2.24) is 46.2 Å². The highest BCUT2D eigenvalue weighted by Gasteiger charge is 2.44. The van der Waals surface area contributed by atoms with Gasteiger partial charge in [-0.15, -0.1) is 0 Å². The zero-order valence-electron chi connectivity index (χ0n) is 63.2. The van der Waals surface area contributed by atoms with Crippen molar-refractivity contribution < 1.29 is 91.0 Å². The van der Waals surface area contributed by atoms with Gasteiger partial charge >= 0.3 is 12.1 Å². The van der Waals surface area contributed by atoms with Crippen LogP contribution >= 0.6 is 31.9 Å². The summed E-state index contributed by atoms with van der Waals surface area (Å²) in [4.78, 5) is 153. The average molecular weight is 1610 g/mol. The first-order chi connectivity index (χ1) is 49.8. The van der Waals surface area contributed by atoms with Crippen LogP contribution in [0, 0.1) is 29.6 Å². The summed E-state index contributed by atoms with van der Waals surface area (Å²) in [5, 5.41) is 27.6. The Morgan fingerprint density at radius 3 is 1.80 bits per heavy atom. The van der Waals surface area contributed by atoms with E-state index in [4.69, 9.17) is 38.9 Å². The number of halogens is 2. The van der Waals surface area contributed by atoms with Crippen LogP contribution in [0.2, 0.25) is 0 Å². The number of anilines is 1. The van der Waals surface area contributed by atoms with Crippen molar-refractivity contribution in [3.63, 3.8) is 0 Å². The minimum atomic E-state index is -1.13. The maximum absolute atomic E-state index is 14.8. The van der Waals surface area contributed by atoms with Gasteiger partial charge in [0.05, 0.1) is 108 Å². The molecule has 12 amide bonds. The molecule has 2 aromatic rings. The molecule has 9 N–H and O–H groups in total. The molecule has 0 spiro atoms. The third-order valence-corrected chi connectivity index (χ3v) is 20.6.